The largest absolute Gasteiger partial charge is 0.481 e. The monoisotopic (exact) mass is 241 g/mol. The lowest BCUT2D eigenvalue weighted by Gasteiger charge is -2.22. The quantitative estimate of drug-likeness (QED) is 0.750. The van der Waals surface area contributed by atoms with Gasteiger partial charge < -0.3 is 15.2 Å². The van der Waals surface area contributed by atoms with Crippen molar-refractivity contribution in [1.82, 2.24) is 5.32 Å². The minimum absolute atomic E-state index is 0.0173. The average Bonchev–Trinajstić information content (AvgIpc) is 3.09. The Bertz CT molecular complexity index is 306. The maximum Gasteiger partial charge on any atom is 0.311 e. The minimum Gasteiger partial charge on any atom is -0.481 e. The van der Waals surface area contributed by atoms with Gasteiger partial charge >= 0.3 is 5.97 Å². The van der Waals surface area contributed by atoms with Crippen LogP contribution >= 0.6 is 0 Å². The summed E-state index contributed by atoms with van der Waals surface area (Å²) in [5.41, 5.74) is -0.677. The molecule has 1 amide bonds. The number of hydrogen-bond acceptors (Lipinski definition) is 3. The molecule has 0 bridgehead atoms. The molecule has 96 valence electrons. The molecule has 0 aromatic carbocycles. The van der Waals surface area contributed by atoms with E-state index in [1.807, 2.05) is 0 Å². The van der Waals surface area contributed by atoms with E-state index in [0.717, 1.165) is 25.9 Å². The summed E-state index contributed by atoms with van der Waals surface area (Å²) in [6, 6.07) is 0. The summed E-state index contributed by atoms with van der Waals surface area (Å²) in [5.74, 6) is -0.892. The number of aliphatic carboxylic acids is 1. The zero-order valence-corrected chi connectivity index (χ0v) is 9.91. The third-order valence-corrected chi connectivity index (χ3v) is 3.62. The fraction of sp³-hybridized carbons (Fsp3) is 0.833. The van der Waals surface area contributed by atoms with Gasteiger partial charge in [-0.05, 0) is 32.1 Å². The van der Waals surface area contributed by atoms with Crippen molar-refractivity contribution in [2.75, 3.05) is 13.2 Å². The van der Waals surface area contributed by atoms with Crippen LogP contribution in [0.2, 0.25) is 0 Å². The van der Waals surface area contributed by atoms with E-state index in [2.05, 4.69) is 5.32 Å². The Hall–Kier alpha value is -1.10. The Morgan fingerprint density at radius 2 is 2.12 bits per heavy atom. The van der Waals surface area contributed by atoms with Gasteiger partial charge in [0.05, 0.1) is 17.9 Å². The van der Waals surface area contributed by atoms with E-state index in [-0.39, 0.29) is 18.6 Å². The molecular weight excluding hydrogens is 222 g/mol. The second-order valence-corrected chi connectivity index (χ2v) is 5.05. The van der Waals surface area contributed by atoms with Gasteiger partial charge in [-0.25, -0.2) is 0 Å². The zero-order valence-electron chi connectivity index (χ0n) is 9.91. The molecule has 5 heteroatoms. The summed E-state index contributed by atoms with van der Waals surface area (Å²) in [4.78, 5) is 22.5. The Morgan fingerprint density at radius 1 is 1.35 bits per heavy atom. The molecule has 2 fully saturated rings. The van der Waals surface area contributed by atoms with Gasteiger partial charge in [-0.2, -0.15) is 0 Å². The minimum atomic E-state index is -0.799. The van der Waals surface area contributed by atoms with Crippen LogP contribution in [0.1, 0.15) is 38.5 Å². The van der Waals surface area contributed by atoms with E-state index in [0.29, 0.717) is 19.3 Å². The number of hydrogen-bond donors (Lipinski definition) is 2. The number of carboxylic acids is 1. The lowest BCUT2D eigenvalue weighted by molar-refractivity contribution is -0.143. The van der Waals surface area contributed by atoms with E-state index < -0.39 is 11.4 Å². The lowest BCUT2D eigenvalue weighted by Crippen LogP contribution is -2.36. The van der Waals surface area contributed by atoms with Crippen molar-refractivity contribution < 1.29 is 19.4 Å². The molecule has 5 nitrogen and oxygen atoms in total. The molecule has 0 aromatic rings. The van der Waals surface area contributed by atoms with Gasteiger partial charge in [-0.3, -0.25) is 9.59 Å². The van der Waals surface area contributed by atoms with Crippen LogP contribution in [-0.4, -0.2) is 36.2 Å². The highest BCUT2D eigenvalue weighted by Crippen LogP contribution is 2.45. The Morgan fingerprint density at radius 3 is 2.65 bits per heavy atom. The number of carbonyl (C=O) groups excluding carboxylic acids is 1. The molecule has 0 aromatic heterocycles. The number of amides is 1. The first-order chi connectivity index (χ1) is 8.12. The van der Waals surface area contributed by atoms with Crippen LogP contribution < -0.4 is 5.32 Å². The van der Waals surface area contributed by atoms with Crippen LogP contribution in [0.4, 0.5) is 0 Å². The highest BCUT2D eigenvalue weighted by Gasteiger charge is 2.50. The van der Waals surface area contributed by atoms with Gasteiger partial charge in [-0.15, -0.1) is 0 Å². The van der Waals surface area contributed by atoms with E-state index >= 15 is 0 Å². The summed E-state index contributed by atoms with van der Waals surface area (Å²) < 4.78 is 5.47. The van der Waals surface area contributed by atoms with Gasteiger partial charge in [0.1, 0.15) is 0 Å². The molecule has 1 aliphatic carbocycles. The van der Waals surface area contributed by atoms with Crippen LogP contribution in [0, 0.1) is 5.41 Å². The number of nitrogens with one attached hydrogen (secondary N) is 1. The summed E-state index contributed by atoms with van der Waals surface area (Å²) in [7, 11) is 0. The maximum atomic E-state index is 11.6. The molecule has 2 rings (SSSR count). The van der Waals surface area contributed by atoms with E-state index in [1.165, 1.54) is 0 Å². The number of carbonyl (C=O) groups is 2. The molecule has 2 aliphatic rings. The molecule has 1 unspecified atom stereocenters. The molecule has 0 spiro atoms. The molecule has 2 N–H and O–H groups in total. The van der Waals surface area contributed by atoms with Crippen LogP contribution in [-0.2, 0) is 14.3 Å². The first kappa shape index (κ1) is 12.4. The summed E-state index contributed by atoms with van der Waals surface area (Å²) >= 11 is 0. The summed E-state index contributed by atoms with van der Waals surface area (Å²) in [5, 5.41) is 11.7. The predicted octanol–water partition coefficient (Wildman–Crippen LogP) is 0.927. The SMILES string of the molecule is O=C(CC1CCCCO1)NCC1(C(=O)O)CC1. The number of carboxylic acid groups (broad SMARTS) is 1. The van der Waals surface area contributed by atoms with Crippen LogP contribution in [0.3, 0.4) is 0 Å². The number of rotatable bonds is 5. The molecule has 1 atom stereocenters. The molecule has 1 aliphatic heterocycles. The topological polar surface area (TPSA) is 75.6 Å². The first-order valence-corrected chi connectivity index (χ1v) is 6.24. The van der Waals surface area contributed by atoms with Crippen molar-refractivity contribution >= 4 is 11.9 Å². The fourth-order valence-electron chi connectivity index (χ4n) is 2.13. The Labute approximate surface area is 101 Å². The first-order valence-electron chi connectivity index (χ1n) is 6.24. The Balaban J connectivity index is 1.69. The summed E-state index contributed by atoms with van der Waals surface area (Å²) in [6.07, 6.45) is 4.82. The van der Waals surface area contributed by atoms with Crippen molar-refractivity contribution in [2.24, 2.45) is 5.41 Å². The number of ether oxygens (including phenoxy) is 1. The standard InChI is InChI=1S/C12H19NO4/c14-10(7-9-3-1-2-6-17-9)13-8-12(4-5-12)11(15)16/h9H,1-8H2,(H,13,14)(H,15,16). The third kappa shape index (κ3) is 3.19. The van der Waals surface area contributed by atoms with Gasteiger partial charge in [-0.1, -0.05) is 0 Å². The second-order valence-electron chi connectivity index (χ2n) is 5.05. The highest BCUT2D eigenvalue weighted by atomic mass is 16.5. The molecular formula is C12H19NO4. The predicted molar refractivity (Wildman–Crippen MR) is 60.5 cm³/mol. The van der Waals surface area contributed by atoms with Gasteiger partial charge in [0, 0.05) is 13.2 Å². The Kier molecular flexibility index (Phi) is 3.66. The van der Waals surface area contributed by atoms with E-state index in [9.17, 15) is 9.59 Å². The fourth-order valence-corrected chi connectivity index (χ4v) is 2.13. The lowest BCUT2D eigenvalue weighted by atomic mass is 10.1. The normalized spacial score (nSPS) is 26.2. The molecule has 1 saturated heterocycles. The van der Waals surface area contributed by atoms with Gasteiger partial charge in [0.2, 0.25) is 5.91 Å². The van der Waals surface area contributed by atoms with Crippen molar-refractivity contribution in [2.45, 2.75) is 44.6 Å². The average molecular weight is 241 g/mol. The van der Waals surface area contributed by atoms with Gasteiger partial charge in [0.25, 0.3) is 0 Å². The molecule has 0 radical (unpaired) electrons. The van der Waals surface area contributed by atoms with Crippen molar-refractivity contribution in [3.05, 3.63) is 0 Å². The maximum absolute atomic E-state index is 11.6. The second kappa shape index (κ2) is 5.04. The van der Waals surface area contributed by atoms with Crippen molar-refractivity contribution in [3.8, 4) is 0 Å². The van der Waals surface area contributed by atoms with Gasteiger partial charge in [0.15, 0.2) is 0 Å². The van der Waals surface area contributed by atoms with Crippen molar-refractivity contribution in [3.63, 3.8) is 0 Å². The third-order valence-electron chi connectivity index (χ3n) is 3.62. The highest BCUT2D eigenvalue weighted by molar-refractivity contribution is 5.81. The molecule has 17 heavy (non-hydrogen) atoms. The summed E-state index contributed by atoms with van der Waals surface area (Å²) in [6.45, 7) is 0.991. The molecule has 1 saturated carbocycles. The molecule has 1 heterocycles. The van der Waals surface area contributed by atoms with Crippen LogP contribution in [0.5, 0.6) is 0 Å². The smallest absolute Gasteiger partial charge is 0.311 e. The zero-order chi connectivity index (χ0) is 12.3. The van der Waals surface area contributed by atoms with Crippen molar-refractivity contribution in [1.29, 1.82) is 0 Å². The van der Waals surface area contributed by atoms with E-state index in [4.69, 9.17) is 9.84 Å². The van der Waals surface area contributed by atoms with Crippen LogP contribution in [0.25, 0.3) is 0 Å². The van der Waals surface area contributed by atoms with Crippen LogP contribution in [0.15, 0.2) is 0 Å². The van der Waals surface area contributed by atoms with E-state index in [1.54, 1.807) is 0 Å².